The van der Waals surface area contributed by atoms with Gasteiger partial charge in [0.15, 0.2) is 0 Å². The molecule has 2 nitrogen and oxygen atoms in total. The van der Waals surface area contributed by atoms with Crippen molar-refractivity contribution in [3.63, 3.8) is 0 Å². The van der Waals surface area contributed by atoms with Crippen LogP contribution in [0.4, 0.5) is 0 Å². The summed E-state index contributed by atoms with van der Waals surface area (Å²) in [5, 5.41) is 8.65. The Hall–Kier alpha value is -6.64. The molecule has 2 aromatic heterocycles. The van der Waals surface area contributed by atoms with Gasteiger partial charge in [-0.25, -0.2) is 0 Å². The third-order valence-corrected chi connectivity index (χ3v) is 10.4. The molecule has 0 fully saturated rings. The Morgan fingerprint density at radius 2 is 0.980 bits per heavy atom. The van der Waals surface area contributed by atoms with Crippen molar-refractivity contribution in [2.45, 2.75) is 6.42 Å². The molecule has 0 radical (unpaired) electrons. The maximum Gasteiger partial charge on any atom is 0.0718 e. The first-order valence-corrected chi connectivity index (χ1v) is 17.5. The molecule has 1 aliphatic rings. The maximum absolute atomic E-state index is 4.93. The molecular formula is C49H32N2. The summed E-state index contributed by atoms with van der Waals surface area (Å²) in [6, 6.07) is 54.7. The van der Waals surface area contributed by atoms with Gasteiger partial charge >= 0.3 is 0 Å². The first-order chi connectivity index (χ1) is 25.3. The first kappa shape index (κ1) is 29.3. The Morgan fingerprint density at radius 3 is 1.69 bits per heavy atom. The average molecular weight is 649 g/mol. The van der Waals surface area contributed by atoms with Crippen LogP contribution < -0.4 is 0 Å². The molecule has 0 amide bonds. The summed E-state index contributed by atoms with van der Waals surface area (Å²) in [7, 11) is 0. The second kappa shape index (κ2) is 12.0. The zero-order valence-electron chi connectivity index (χ0n) is 27.9. The molecule has 0 unspecified atom stereocenters. The van der Waals surface area contributed by atoms with Gasteiger partial charge in [0.25, 0.3) is 0 Å². The van der Waals surface area contributed by atoms with Gasteiger partial charge in [0.1, 0.15) is 0 Å². The summed E-state index contributed by atoms with van der Waals surface area (Å²) in [5.41, 5.74) is 12.8. The van der Waals surface area contributed by atoms with Crippen LogP contribution in [0.3, 0.4) is 0 Å². The molecule has 0 aliphatic heterocycles. The number of fused-ring (bicyclic) bond motifs is 5. The lowest BCUT2D eigenvalue weighted by Crippen LogP contribution is -1.99. The lowest BCUT2D eigenvalue weighted by molar-refractivity contribution is 1.27. The van der Waals surface area contributed by atoms with Crippen molar-refractivity contribution in [2.75, 3.05) is 0 Å². The number of benzene rings is 7. The van der Waals surface area contributed by atoms with Crippen molar-refractivity contribution in [2.24, 2.45) is 0 Å². The molecule has 0 N–H and O–H groups in total. The molecule has 1 aliphatic carbocycles. The van der Waals surface area contributed by atoms with E-state index in [1.807, 2.05) is 30.6 Å². The van der Waals surface area contributed by atoms with E-state index in [0.29, 0.717) is 0 Å². The number of hydrogen-bond donors (Lipinski definition) is 0. The van der Waals surface area contributed by atoms with Crippen molar-refractivity contribution in [3.05, 3.63) is 193 Å². The third-order valence-electron chi connectivity index (χ3n) is 10.4. The van der Waals surface area contributed by atoms with E-state index in [0.717, 1.165) is 34.1 Å². The number of para-hydroxylation sites is 1. The topological polar surface area (TPSA) is 25.8 Å². The van der Waals surface area contributed by atoms with Crippen LogP contribution in [0.15, 0.2) is 176 Å². The number of hydrogen-bond acceptors (Lipinski definition) is 2. The SMILES string of the molecule is C1=Cc2c(c(-c3ccc4ccccc4c3)c3ccccc3c2-c2ccc3ccccc3c2)CC=C1c1ccc(-c2cnc3ccccc3c2)nc1. The van der Waals surface area contributed by atoms with Crippen molar-refractivity contribution >= 4 is 54.9 Å². The molecule has 0 atom stereocenters. The van der Waals surface area contributed by atoms with Gasteiger partial charge in [-0.2, -0.15) is 0 Å². The maximum atomic E-state index is 4.93. The van der Waals surface area contributed by atoms with Crippen molar-refractivity contribution in [1.29, 1.82) is 0 Å². The van der Waals surface area contributed by atoms with Crippen LogP contribution in [-0.2, 0) is 6.42 Å². The van der Waals surface area contributed by atoms with E-state index in [-0.39, 0.29) is 0 Å². The lowest BCUT2D eigenvalue weighted by Gasteiger charge is -2.21. The summed E-state index contributed by atoms with van der Waals surface area (Å²) in [6.45, 7) is 0. The van der Waals surface area contributed by atoms with E-state index in [1.165, 1.54) is 71.3 Å². The number of pyridine rings is 2. The van der Waals surface area contributed by atoms with Crippen LogP contribution in [0, 0.1) is 0 Å². The highest BCUT2D eigenvalue weighted by atomic mass is 14.7. The third kappa shape index (κ3) is 5.12. The van der Waals surface area contributed by atoms with E-state index in [4.69, 9.17) is 4.98 Å². The summed E-state index contributed by atoms with van der Waals surface area (Å²) in [6.07, 6.45) is 11.7. The molecule has 51 heavy (non-hydrogen) atoms. The monoisotopic (exact) mass is 648 g/mol. The molecule has 0 bridgehead atoms. The summed E-state index contributed by atoms with van der Waals surface area (Å²) in [4.78, 5) is 9.59. The first-order valence-electron chi connectivity index (χ1n) is 17.5. The van der Waals surface area contributed by atoms with E-state index < -0.39 is 0 Å². The normalized spacial score (nSPS) is 12.7. The van der Waals surface area contributed by atoms with Gasteiger partial charge in [-0.05, 0) is 114 Å². The second-order valence-corrected chi connectivity index (χ2v) is 13.4. The van der Waals surface area contributed by atoms with E-state index in [1.54, 1.807) is 0 Å². The molecule has 10 rings (SSSR count). The Kier molecular flexibility index (Phi) is 6.92. The van der Waals surface area contributed by atoms with Crippen molar-refractivity contribution in [1.82, 2.24) is 9.97 Å². The van der Waals surface area contributed by atoms with Crippen LogP contribution in [-0.4, -0.2) is 9.97 Å². The fourth-order valence-electron chi connectivity index (χ4n) is 7.85. The lowest BCUT2D eigenvalue weighted by atomic mass is 9.82. The Balaban J connectivity index is 1.15. The predicted octanol–water partition coefficient (Wildman–Crippen LogP) is 12.7. The van der Waals surface area contributed by atoms with Gasteiger partial charge in [0.2, 0.25) is 0 Å². The van der Waals surface area contributed by atoms with Crippen LogP contribution >= 0.6 is 0 Å². The quantitative estimate of drug-likeness (QED) is 0.190. The molecule has 0 saturated heterocycles. The summed E-state index contributed by atoms with van der Waals surface area (Å²) >= 11 is 0. The molecule has 0 spiro atoms. The minimum atomic E-state index is 0.793. The minimum absolute atomic E-state index is 0.793. The van der Waals surface area contributed by atoms with Crippen molar-refractivity contribution in [3.8, 4) is 33.5 Å². The summed E-state index contributed by atoms with van der Waals surface area (Å²) < 4.78 is 0. The van der Waals surface area contributed by atoms with Crippen LogP contribution in [0.1, 0.15) is 16.7 Å². The highest BCUT2D eigenvalue weighted by molar-refractivity contribution is 6.12. The molecule has 7 aromatic carbocycles. The van der Waals surface area contributed by atoms with Gasteiger partial charge in [-0.3, -0.25) is 9.97 Å². The van der Waals surface area contributed by atoms with Gasteiger partial charge in [0, 0.05) is 23.3 Å². The van der Waals surface area contributed by atoms with Gasteiger partial charge in [-0.15, -0.1) is 0 Å². The van der Waals surface area contributed by atoms with Crippen molar-refractivity contribution < 1.29 is 0 Å². The molecule has 238 valence electrons. The second-order valence-electron chi connectivity index (χ2n) is 13.4. The van der Waals surface area contributed by atoms with Gasteiger partial charge < -0.3 is 0 Å². The zero-order chi connectivity index (χ0) is 33.7. The zero-order valence-corrected chi connectivity index (χ0v) is 27.9. The smallest absolute Gasteiger partial charge is 0.0718 e. The molecular weight excluding hydrogens is 617 g/mol. The molecule has 2 heteroatoms. The van der Waals surface area contributed by atoms with E-state index in [9.17, 15) is 0 Å². The largest absolute Gasteiger partial charge is 0.256 e. The van der Waals surface area contributed by atoms with Gasteiger partial charge in [-0.1, -0.05) is 140 Å². The fraction of sp³-hybridized carbons (Fsp3) is 0.0204. The number of aromatic nitrogens is 2. The fourth-order valence-corrected chi connectivity index (χ4v) is 7.85. The van der Waals surface area contributed by atoms with Crippen LogP contribution in [0.5, 0.6) is 0 Å². The van der Waals surface area contributed by atoms with E-state index >= 15 is 0 Å². The Morgan fingerprint density at radius 1 is 0.412 bits per heavy atom. The Labute approximate surface area is 296 Å². The molecule has 9 aromatic rings. The molecule has 2 heterocycles. The Bertz CT molecular complexity index is 2880. The standard InChI is InChI=1S/C49H32N2/c1-3-11-35-27-38(19-17-32(35)9-1)48-42-14-6-7-15-43(42)49(39-20-18-33-10-2-4-12-36(33)28-39)45-25-22-34(21-24-44(45)48)40-23-26-47(50-30-40)41-29-37-13-5-8-16-46(37)51-31-41/h1-24,26-31H,25H2. The summed E-state index contributed by atoms with van der Waals surface area (Å²) in [5.74, 6) is 0. The van der Waals surface area contributed by atoms with Crippen LogP contribution in [0.25, 0.3) is 88.4 Å². The number of allylic oxidation sites excluding steroid dienone is 3. The van der Waals surface area contributed by atoms with Gasteiger partial charge in [0.05, 0.1) is 11.2 Å². The average Bonchev–Trinajstić information content (AvgIpc) is 3.42. The highest BCUT2D eigenvalue weighted by Crippen LogP contribution is 2.45. The van der Waals surface area contributed by atoms with E-state index in [2.05, 4.69) is 157 Å². The van der Waals surface area contributed by atoms with Crippen LogP contribution in [0.2, 0.25) is 0 Å². The number of rotatable bonds is 4. The molecule has 0 saturated carbocycles. The predicted molar refractivity (Wildman–Crippen MR) is 216 cm³/mol. The highest BCUT2D eigenvalue weighted by Gasteiger charge is 2.22. The number of nitrogens with zero attached hydrogens (tertiary/aromatic N) is 2. The minimum Gasteiger partial charge on any atom is -0.256 e.